The van der Waals surface area contributed by atoms with Crippen molar-refractivity contribution in [1.29, 1.82) is 0 Å². The van der Waals surface area contributed by atoms with Crippen molar-refractivity contribution in [1.82, 2.24) is 0 Å². The lowest BCUT2D eigenvalue weighted by atomic mass is 10.1. The van der Waals surface area contributed by atoms with Crippen LogP contribution in [0.1, 0.15) is 15.9 Å². The first kappa shape index (κ1) is 20.3. The van der Waals surface area contributed by atoms with Gasteiger partial charge in [0.1, 0.15) is 24.7 Å². The molecule has 3 aromatic carbocycles. The van der Waals surface area contributed by atoms with E-state index in [-0.39, 0.29) is 17.9 Å². The molecule has 0 heterocycles. The first-order chi connectivity index (χ1) is 13.9. The van der Waals surface area contributed by atoms with Crippen molar-refractivity contribution < 1.29 is 27.4 Å². The molecule has 3 aromatic rings. The summed E-state index contributed by atoms with van der Waals surface area (Å²) in [5, 5.41) is 2.47. The fourth-order valence-corrected chi connectivity index (χ4v) is 2.54. The van der Waals surface area contributed by atoms with Gasteiger partial charge in [0, 0.05) is 11.3 Å². The van der Waals surface area contributed by atoms with Gasteiger partial charge in [-0.2, -0.15) is 13.2 Å². The van der Waals surface area contributed by atoms with E-state index in [1.165, 1.54) is 18.2 Å². The third-order valence-corrected chi connectivity index (χ3v) is 3.91. The smallest absolute Gasteiger partial charge is 0.416 e. The van der Waals surface area contributed by atoms with E-state index in [0.29, 0.717) is 12.4 Å². The zero-order valence-corrected chi connectivity index (χ0v) is 15.3. The molecule has 29 heavy (non-hydrogen) atoms. The molecule has 0 bridgehead atoms. The van der Waals surface area contributed by atoms with Crippen molar-refractivity contribution >= 4 is 11.6 Å². The molecule has 150 valence electrons. The van der Waals surface area contributed by atoms with Gasteiger partial charge in [-0.15, -0.1) is 0 Å². The first-order valence-corrected chi connectivity index (χ1v) is 8.81. The highest BCUT2D eigenvalue weighted by Gasteiger charge is 2.30. The Kier molecular flexibility index (Phi) is 6.39. The van der Waals surface area contributed by atoms with E-state index in [1.807, 2.05) is 30.3 Å². The Morgan fingerprint density at radius 3 is 2.17 bits per heavy atom. The molecule has 0 saturated carbocycles. The minimum atomic E-state index is -4.48. The van der Waals surface area contributed by atoms with Crippen LogP contribution in [-0.2, 0) is 6.18 Å². The van der Waals surface area contributed by atoms with E-state index in [0.717, 1.165) is 17.9 Å². The van der Waals surface area contributed by atoms with Crippen LogP contribution in [0.25, 0.3) is 0 Å². The molecular formula is C22H18F3NO3. The van der Waals surface area contributed by atoms with Gasteiger partial charge in [0.15, 0.2) is 0 Å². The van der Waals surface area contributed by atoms with Gasteiger partial charge in [0.2, 0.25) is 0 Å². The summed E-state index contributed by atoms with van der Waals surface area (Å²) in [4.78, 5) is 12.4. The molecule has 1 amide bonds. The molecule has 0 saturated heterocycles. The lowest BCUT2D eigenvalue weighted by Crippen LogP contribution is -2.14. The van der Waals surface area contributed by atoms with Gasteiger partial charge in [-0.25, -0.2) is 0 Å². The van der Waals surface area contributed by atoms with Crippen LogP contribution in [0, 0.1) is 0 Å². The largest absolute Gasteiger partial charge is 0.490 e. The second-order valence-corrected chi connectivity index (χ2v) is 6.07. The Morgan fingerprint density at radius 2 is 1.45 bits per heavy atom. The Bertz CT molecular complexity index is 959. The number of hydrogen-bond acceptors (Lipinski definition) is 3. The van der Waals surface area contributed by atoms with E-state index in [1.54, 1.807) is 18.2 Å². The van der Waals surface area contributed by atoms with Crippen LogP contribution in [-0.4, -0.2) is 19.1 Å². The molecule has 7 heteroatoms. The summed E-state index contributed by atoms with van der Waals surface area (Å²) in [5.41, 5.74) is -0.498. The number of carbonyl (C=O) groups is 1. The summed E-state index contributed by atoms with van der Waals surface area (Å²) in [6, 6.07) is 20.1. The van der Waals surface area contributed by atoms with Crippen LogP contribution in [0.3, 0.4) is 0 Å². The summed E-state index contributed by atoms with van der Waals surface area (Å²) < 4.78 is 49.5. The average molecular weight is 401 g/mol. The number of alkyl halides is 3. The zero-order chi connectivity index (χ0) is 20.7. The van der Waals surface area contributed by atoms with Gasteiger partial charge in [0.05, 0.1) is 5.56 Å². The molecule has 0 spiro atoms. The Labute approximate surface area is 165 Å². The number of para-hydroxylation sites is 1. The van der Waals surface area contributed by atoms with E-state index in [2.05, 4.69) is 5.32 Å². The average Bonchev–Trinajstić information content (AvgIpc) is 2.72. The number of anilines is 1. The molecule has 0 fully saturated rings. The summed E-state index contributed by atoms with van der Waals surface area (Å²) in [7, 11) is 0. The third kappa shape index (κ3) is 6.00. The normalized spacial score (nSPS) is 11.0. The number of ether oxygens (including phenoxy) is 2. The number of hydrogen-bond donors (Lipinski definition) is 1. The Balaban J connectivity index is 1.56. The van der Waals surface area contributed by atoms with Crippen LogP contribution in [0.15, 0.2) is 78.9 Å². The van der Waals surface area contributed by atoms with Gasteiger partial charge in [-0.05, 0) is 48.5 Å². The van der Waals surface area contributed by atoms with Crippen LogP contribution in [0.5, 0.6) is 11.5 Å². The van der Waals surface area contributed by atoms with Crippen LogP contribution >= 0.6 is 0 Å². The number of carbonyl (C=O) groups excluding carboxylic acids is 1. The van der Waals surface area contributed by atoms with E-state index in [4.69, 9.17) is 9.47 Å². The Hall–Kier alpha value is -3.48. The fraction of sp³-hybridized carbons (Fsp3) is 0.136. The summed E-state index contributed by atoms with van der Waals surface area (Å²) in [5.74, 6) is 0.652. The molecule has 4 nitrogen and oxygen atoms in total. The second-order valence-electron chi connectivity index (χ2n) is 6.07. The monoisotopic (exact) mass is 401 g/mol. The summed E-state index contributed by atoms with van der Waals surface area (Å²) in [6.45, 7) is 0.596. The fourth-order valence-electron chi connectivity index (χ4n) is 2.54. The van der Waals surface area contributed by atoms with E-state index in [9.17, 15) is 18.0 Å². The van der Waals surface area contributed by atoms with Gasteiger partial charge < -0.3 is 14.8 Å². The van der Waals surface area contributed by atoms with Crippen molar-refractivity contribution in [2.75, 3.05) is 18.5 Å². The van der Waals surface area contributed by atoms with Gasteiger partial charge in [-0.3, -0.25) is 4.79 Å². The molecule has 0 aromatic heterocycles. The van der Waals surface area contributed by atoms with E-state index < -0.39 is 17.6 Å². The molecule has 0 atom stereocenters. The van der Waals surface area contributed by atoms with Crippen LogP contribution < -0.4 is 14.8 Å². The maximum atomic E-state index is 12.8. The molecule has 1 N–H and O–H groups in total. The molecule has 0 aliphatic heterocycles. The second kappa shape index (κ2) is 9.14. The first-order valence-electron chi connectivity index (χ1n) is 8.81. The molecule has 0 unspecified atom stereocenters. The number of amides is 1. The van der Waals surface area contributed by atoms with Gasteiger partial charge in [0.25, 0.3) is 5.91 Å². The van der Waals surface area contributed by atoms with Crippen LogP contribution in [0.4, 0.5) is 18.9 Å². The predicted octanol–water partition coefficient (Wildman–Crippen LogP) is 5.42. The van der Waals surface area contributed by atoms with Crippen molar-refractivity contribution in [3.05, 3.63) is 90.0 Å². The highest BCUT2D eigenvalue weighted by Crippen LogP contribution is 2.30. The SMILES string of the molecule is O=C(Nc1cccc(C(F)(F)F)c1)c1cccc(OCCOc2ccccc2)c1. The summed E-state index contributed by atoms with van der Waals surface area (Å²) >= 11 is 0. The maximum absolute atomic E-state index is 12.8. The standard InChI is InChI=1S/C22H18F3NO3/c23-22(24,25)17-7-5-8-18(15-17)26-21(27)16-6-4-11-20(14-16)29-13-12-28-19-9-2-1-3-10-19/h1-11,14-15H,12-13H2,(H,26,27). The predicted molar refractivity (Wildman–Crippen MR) is 103 cm³/mol. The minimum Gasteiger partial charge on any atom is -0.490 e. The lowest BCUT2D eigenvalue weighted by Gasteiger charge is -2.11. The number of halogens is 3. The van der Waals surface area contributed by atoms with Gasteiger partial charge >= 0.3 is 6.18 Å². The molecule has 0 radical (unpaired) electrons. The number of benzene rings is 3. The van der Waals surface area contributed by atoms with Crippen LogP contribution in [0.2, 0.25) is 0 Å². The highest BCUT2D eigenvalue weighted by atomic mass is 19.4. The molecule has 0 aliphatic rings. The topological polar surface area (TPSA) is 47.6 Å². The van der Waals surface area contributed by atoms with E-state index >= 15 is 0 Å². The third-order valence-electron chi connectivity index (χ3n) is 3.91. The number of rotatable bonds is 7. The lowest BCUT2D eigenvalue weighted by molar-refractivity contribution is -0.137. The molecule has 0 aliphatic carbocycles. The highest BCUT2D eigenvalue weighted by molar-refractivity contribution is 6.04. The Morgan fingerprint density at radius 1 is 0.793 bits per heavy atom. The maximum Gasteiger partial charge on any atom is 0.416 e. The van der Waals surface area contributed by atoms with Gasteiger partial charge in [-0.1, -0.05) is 30.3 Å². The molecular weight excluding hydrogens is 383 g/mol. The van der Waals surface area contributed by atoms with Crippen molar-refractivity contribution in [3.63, 3.8) is 0 Å². The molecule has 3 rings (SSSR count). The zero-order valence-electron chi connectivity index (χ0n) is 15.3. The quantitative estimate of drug-likeness (QED) is 0.538. The van der Waals surface area contributed by atoms with Crippen molar-refractivity contribution in [3.8, 4) is 11.5 Å². The number of nitrogens with one attached hydrogen (secondary N) is 1. The van der Waals surface area contributed by atoms with Crippen molar-refractivity contribution in [2.24, 2.45) is 0 Å². The van der Waals surface area contributed by atoms with Crippen molar-refractivity contribution in [2.45, 2.75) is 6.18 Å². The minimum absolute atomic E-state index is 0.0624. The summed E-state index contributed by atoms with van der Waals surface area (Å²) in [6.07, 6.45) is -4.48.